The summed E-state index contributed by atoms with van der Waals surface area (Å²) in [5.41, 5.74) is 1.09. The van der Waals surface area contributed by atoms with Gasteiger partial charge in [0.25, 0.3) is 0 Å². The normalized spacial score (nSPS) is 10.4. The first-order chi connectivity index (χ1) is 9.06. The van der Waals surface area contributed by atoms with Crippen LogP contribution >= 0.6 is 22.9 Å². The minimum Gasteiger partial charge on any atom is -0.478 e. The van der Waals surface area contributed by atoms with Crippen LogP contribution in [-0.2, 0) is 6.42 Å². The summed E-state index contributed by atoms with van der Waals surface area (Å²) in [6, 6.07) is 2.90. The predicted octanol–water partition coefficient (Wildman–Crippen LogP) is 2.85. The molecule has 2 heterocycles. The van der Waals surface area contributed by atoms with Crippen LogP contribution in [0.15, 0.2) is 17.5 Å². The van der Waals surface area contributed by atoms with Crippen LogP contribution in [0.2, 0.25) is 5.15 Å². The van der Waals surface area contributed by atoms with Gasteiger partial charge in [0.15, 0.2) is 0 Å². The maximum atomic E-state index is 11.0. The molecule has 0 aromatic carbocycles. The van der Waals surface area contributed by atoms with Crippen LogP contribution in [0.25, 0.3) is 0 Å². The number of pyridine rings is 1. The Morgan fingerprint density at radius 2 is 2.26 bits per heavy atom. The summed E-state index contributed by atoms with van der Waals surface area (Å²) < 4.78 is 0. The van der Waals surface area contributed by atoms with Gasteiger partial charge >= 0.3 is 5.97 Å². The van der Waals surface area contributed by atoms with Crippen LogP contribution in [0, 0.1) is 6.92 Å². The van der Waals surface area contributed by atoms with E-state index < -0.39 is 5.97 Å². The fraction of sp³-hybridized carbons (Fsp3) is 0.250. The monoisotopic (exact) mass is 297 g/mol. The Kier molecular flexibility index (Phi) is 4.34. The number of aromatic nitrogens is 2. The standard InChI is InChI=1S/C12H12ClN3O2S/c1-7-15-8(6-19-7)4-5-14-11-9(12(17)18)2-3-10(13)16-11/h2-3,6H,4-5H2,1H3,(H,14,16)(H,17,18). The van der Waals surface area contributed by atoms with Gasteiger partial charge in [0.2, 0.25) is 0 Å². The van der Waals surface area contributed by atoms with Crippen LogP contribution in [-0.4, -0.2) is 27.6 Å². The lowest BCUT2D eigenvalue weighted by atomic mass is 10.2. The van der Waals surface area contributed by atoms with E-state index in [0.717, 1.165) is 10.7 Å². The number of halogens is 1. The molecule has 0 fully saturated rings. The molecule has 100 valence electrons. The molecule has 0 atom stereocenters. The Labute approximate surface area is 119 Å². The van der Waals surface area contributed by atoms with Crippen molar-refractivity contribution in [2.24, 2.45) is 0 Å². The highest BCUT2D eigenvalue weighted by molar-refractivity contribution is 7.09. The molecule has 0 saturated heterocycles. The van der Waals surface area contributed by atoms with Gasteiger partial charge < -0.3 is 10.4 Å². The Bertz CT molecular complexity index is 600. The number of nitrogens with one attached hydrogen (secondary N) is 1. The zero-order chi connectivity index (χ0) is 13.8. The van der Waals surface area contributed by atoms with Crippen molar-refractivity contribution < 1.29 is 9.90 Å². The quantitative estimate of drug-likeness (QED) is 0.830. The van der Waals surface area contributed by atoms with Crippen molar-refractivity contribution in [2.45, 2.75) is 13.3 Å². The van der Waals surface area contributed by atoms with Crippen LogP contribution in [0.5, 0.6) is 0 Å². The Balaban J connectivity index is 2.02. The lowest BCUT2D eigenvalue weighted by molar-refractivity contribution is 0.0697. The lowest BCUT2D eigenvalue weighted by Gasteiger charge is -2.08. The minimum atomic E-state index is -1.03. The summed E-state index contributed by atoms with van der Waals surface area (Å²) in [6.45, 7) is 2.50. The number of carboxylic acid groups (broad SMARTS) is 1. The molecule has 7 heteroatoms. The third-order valence-electron chi connectivity index (χ3n) is 2.43. The first kappa shape index (κ1) is 13.8. The minimum absolute atomic E-state index is 0.110. The molecule has 5 nitrogen and oxygen atoms in total. The summed E-state index contributed by atoms with van der Waals surface area (Å²) in [7, 11) is 0. The molecule has 2 N–H and O–H groups in total. The maximum Gasteiger partial charge on any atom is 0.339 e. The summed E-state index contributed by atoms with van der Waals surface area (Å²) in [5.74, 6) is -0.747. The smallest absolute Gasteiger partial charge is 0.339 e. The van der Waals surface area contributed by atoms with Crippen molar-refractivity contribution in [3.8, 4) is 0 Å². The van der Waals surface area contributed by atoms with E-state index >= 15 is 0 Å². The van der Waals surface area contributed by atoms with Gasteiger partial charge in [0.05, 0.1) is 10.7 Å². The van der Waals surface area contributed by atoms with E-state index in [1.165, 1.54) is 12.1 Å². The van der Waals surface area contributed by atoms with Gasteiger partial charge in [-0.1, -0.05) is 11.6 Å². The van der Waals surface area contributed by atoms with Gasteiger partial charge in [-0.25, -0.2) is 14.8 Å². The zero-order valence-electron chi connectivity index (χ0n) is 10.2. The number of rotatable bonds is 5. The fourth-order valence-electron chi connectivity index (χ4n) is 1.57. The van der Waals surface area contributed by atoms with Crippen LogP contribution in [0.3, 0.4) is 0 Å². The van der Waals surface area contributed by atoms with Crippen molar-refractivity contribution in [1.82, 2.24) is 9.97 Å². The number of aryl methyl sites for hydroxylation is 1. The molecule has 0 aliphatic heterocycles. The van der Waals surface area contributed by atoms with Gasteiger partial charge in [-0.05, 0) is 19.1 Å². The second-order valence-electron chi connectivity index (χ2n) is 3.87. The van der Waals surface area contributed by atoms with Gasteiger partial charge in [0.1, 0.15) is 16.5 Å². The largest absolute Gasteiger partial charge is 0.478 e. The SMILES string of the molecule is Cc1nc(CCNc2nc(Cl)ccc2C(=O)O)cs1. The van der Waals surface area contributed by atoms with Crippen LogP contribution in [0.1, 0.15) is 21.1 Å². The highest BCUT2D eigenvalue weighted by Crippen LogP contribution is 2.17. The Morgan fingerprint density at radius 3 is 2.89 bits per heavy atom. The highest BCUT2D eigenvalue weighted by atomic mass is 35.5. The zero-order valence-corrected chi connectivity index (χ0v) is 11.8. The van der Waals surface area contributed by atoms with Crippen LogP contribution in [0.4, 0.5) is 5.82 Å². The second kappa shape index (κ2) is 5.99. The van der Waals surface area contributed by atoms with E-state index in [2.05, 4.69) is 15.3 Å². The molecular weight excluding hydrogens is 286 g/mol. The Hall–Kier alpha value is -1.66. The van der Waals surface area contributed by atoms with Gasteiger partial charge in [-0.2, -0.15) is 0 Å². The van der Waals surface area contributed by atoms with E-state index in [9.17, 15) is 4.79 Å². The summed E-state index contributed by atoms with van der Waals surface area (Å²) >= 11 is 7.36. The van der Waals surface area contributed by atoms with Gasteiger partial charge in [-0.3, -0.25) is 0 Å². The third kappa shape index (κ3) is 3.65. The summed E-state index contributed by atoms with van der Waals surface area (Å²) in [5, 5.41) is 15.3. The number of nitrogens with zero attached hydrogens (tertiary/aromatic N) is 2. The number of carboxylic acids is 1. The van der Waals surface area contributed by atoms with E-state index in [0.29, 0.717) is 13.0 Å². The van der Waals surface area contributed by atoms with Crippen molar-refractivity contribution in [2.75, 3.05) is 11.9 Å². The number of hydrogen-bond donors (Lipinski definition) is 2. The lowest BCUT2D eigenvalue weighted by Crippen LogP contribution is -2.11. The number of carbonyl (C=O) groups is 1. The topological polar surface area (TPSA) is 75.1 Å². The molecule has 2 aromatic heterocycles. The van der Waals surface area contributed by atoms with E-state index in [-0.39, 0.29) is 16.5 Å². The molecule has 0 aliphatic carbocycles. The molecule has 2 aromatic rings. The molecule has 0 saturated carbocycles. The molecule has 0 aliphatic rings. The summed E-state index contributed by atoms with van der Waals surface area (Å²) in [4.78, 5) is 19.4. The molecule has 0 radical (unpaired) electrons. The average molecular weight is 298 g/mol. The number of thiazole rings is 1. The second-order valence-corrected chi connectivity index (χ2v) is 5.32. The summed E-state index contributed by atoms with van der Waals surface area (Å²) in [6.07, 6.45) is 0.706. The molecule has 0 amide bonds. The maximum absolute atomic E-state index is 11.0. The van der Waals surface area contributed by atoms with Gasteiger partial charge in [0, 0.05) is 18.3 Å². The molecule has 2 rings (SSSR count). The number of aromatic carboxylic acids is 1. The molecule has 0 bridgehead atoms. The first-order valence-electron chi connectivity index (χ1n) is 5.61. The third-order valence-corrected chi connectivity index (χ3v) is 3.46. The molecule has 0 spiro atoms. The van der Waals surface area contributed by atoms with Gasteiger partial charge in [-0.15, -0.1) is 11.3 Å². The Morgan fingerprint density at radius 1 is 1.47 bits per heavy atom. The molecule has 0 unspecified atom stereocenters. The van der Waals surface area contributed by atoms with E-state index in [1.54, 1.807) is 11.3 Å². The molecule has 19 heavy (non-hydrogen) atoms. The number of anilines is 1. The van der Waals surface area contributed by atoms with E-state index in [1.807, 2.05) is 12.3 Å². The molecular formula is C12H12ClN3O2S. The average Bonchev–Trinajstić information content (AvgIpc) is 2.75. The predicted molar refractivity (Wildman–Crippen MR) is 75.3 cm³/mol. The van der Waals surface area contributed by atoms with Crippen molar-refractivity contribution in [3.63, 3.8) is 0 Å². The van der Waals surface area contributed by atoms with Crippen molar-refractivity contribution in [1.29, 1.82) is 0 Å². The fourth-order valence-corrected chi connectivity index (χ4v) is 2.37. The highest BCUT2D eigenvalue weighted by Gasteiger charge is 2.11. The van der Waals surface area contributed by atoms with Crippen molar-refractivity contribution >= 4 is 34.7 Å². The van der Waals surface area contributed by atoms with Crippen LogP contribution < -0.4 is 5.32 Å². The first-order valence-corrected chi connectivity index (χ1v) is 6.87. The number of hydrogen-bond acceptors (Lipinski definition) is 5. The van der Waals surface area contributed by atoms with Crippen molar-refractivity contribution in [3.05, 3.63) is 38.9 Å². The van der Waals surface area contributed by atoms with E-state index in [4.69, 9.17) is 16.7 Å².